The van der Waals surface area contributed by atoms with Gasteiger partial charge >= 0.3 is 0 Å². The lowest BCUT2D eigenvalue weighted by atomic mass is 9.93. The van der Waals surface area contributed by atoms with Gasteiger partial charge in [-0.2, -0.15) is 0 Å². The minimum atomic E-state index is -0.400. The molecule has 0 spiro atoms. The lowest BCUT2D eigenvalue weighted by molar-refractivity contribution is 0.415. The fourth-order valence-electron chi connectivity index (χ4n) is 2.53. The van der Waals surface area contributed by atoms with Gasteiger partial charge in [0.2, 0.25) is 0 Å². The topological polar surface area (TPSA) is 40.2 Å². The summed E-state index contributed by atoms with van der Waals surface area (Å²) < 4.78 is 7.40. The molecule has 0 aliphatic rings. The van der Waals surface area contributed by atoms with Crippen LogP contribution in [0.3, 0.4) is 0 Å². The highest BCUT2D eigenvalue weighted by molar-refractivity contribution is 6.32. The van der Waals surface area contributed by atoms with Crippen molar-refractivity contribution in [1.82, 2.24) is 4.57 Å². The van der Waals surface area contributed by atoms with Crippen LogP contribution in [0, 0.1) is 6.92 Å². The van der Waals surface area contributed by atoms with E-state index in [9.17, 15) is 0 Å². The predicted octanol–water partition coefficient (Wildman–Crippen LogP) is 3.34. The lowest BCUT2D eigenvalue weighted by Crippen LogP contribution is -2.29. The first kappa shape index (κ1) is 13.2. The van der Waals surface area contributed by atoms with Crippen LogP contribution >= 0.6 is 11.6 Å². The summed E-state index contributed by atoms with van der Waals surface area (Å²) in [5.74, 6) is 0.681. The quantitative estimate of drug-likeness (QED) is 0.906. The Morgan fingerprint density at radius 2 is 1.94 bits per heavy atom. The second kappa shape index (κ2) is 4.18. The first-order valence-electron chi connectivity index (χ1n) is 5.89. The number of benzene rings is 1. The van der Waals surface area contributed by atoms with Crippen LogP contribution in [0.1, 0.15) is 25.1 Å². The summed E-state index contributed by atoms with van der Waals surface area (Å²) in [7, 11) is 3.64. The molecule has 0 atom stereocenters. The highest BCUT2D eigenvalue weighted by atomic mass is 35.5. The average molecular weight is 267 g/mol. The molecule has 2 rings (SSSR count). The monoisotopic (exact) mass is 266 g/mol. The van der Waals surface area contributed by atoms with Crippen LogP contribution in [0.25, 0.3) is 10.9 Å². The van der Waals surface area contributed by atoms with Crippen molar-refractivity contribution in [3.8, 4) is 5.75 Å². The number of rotatable bonds is 2. The predicted molar refractivity (Wildman–Crippen MR) is 76.4 cm³/mol. The van der Waals surface area contributed by atoms with Crippen molar-refractivity contribution in [2.24, 2.45) is 12.8 Å². The largest absolute Gasteiger partial charge is 0.495 e. The Kier molecular flexibility index (Phi) is 3.07. The molecular formula is C14H19ClN2O. The second-order valence-electron chi connectivity index (χ2n) is 5.25. The molecule has 1 heterocycles. The molecule has 4 heteroatoms. The first-order valence-corrected chi connectivity index (χ1v) is 6.27. The van der Waals surface area contributed by atoms with E-state index in [1.165, 1.54) is 0 Å². The van der Waals surface area contributed by atoms with Crippen molar-refractivity contribution in [2.45, 2.75) is 26.3 Å². The highest BCUT2D eigenvalue weighted by Crippen LogP contribution is 2.37. The van der Waals surface area contributed by atoms with Gasteiger partial charge in [-0.05, 0) is 38.5 Å². The number of nitrogens with zero attached hydrogens (tertiary/aromatic N) is 1. The minimum Gasteiger partial charge on any atom is -0.495 e. The van der Waals surface area contributed by atoms with Gasteiger partial charge in [-0.3, -0.25) is 0 Å². The number of hydrogen-bond donors (Lipinski definition) is 1. The second-order valence-corrected chi connectivity index (χ2v) is 5.65. The van der Waals surface area contributed by atoms with Gasteiger partial charge in [0.15, 0.2) is 0 Å². The van der Waals surface area contributed by atoms with Gasteiger partial charge < -0.3 is 15.0 Å². The van der Waals surface area contributed by atoms with Gasteiger partial charge in [-0.1, -0.05) is 11.6 Å². The SMILES string of the molecule is COc1cc2c(C(C)(C)N)c(C)n(C)c2cc1Cl. The summed E-state index contributed by atoms with van der Waals surface area (Å²) in [6.07, 6.45) is 0. The number of aromatic nitrogens is 1. The summed E-state index contributed by atoms with van der Waals surface area (Å²) in [4.78, 5) is 0. The Labute approximate surface area is 112 Å². The van der Waals surface area contributed by atoms with Crippen LogP contribution in [0.5, 0.6) is 5.75 Å². The van der Waals surface area contributed by atoms with Crippen molar-refractivity contribution in [3.63, 3.8) is 0 Å². The summed E-state index contributed by atoms with van der Waals surface area (Å²) in [5, 5.41) is 1.72. The number of aryl methyl sites for hydroxylation is 1. The molecule has 3 nitrogen and oxygen atoms in total. The van der Waals surface area contributed by atoms with E-state index < -0.39 is 5.54 Å². The smallest absolute Gasteiger partial charge is 0.138 e. The van der Waals surface area contributed by atoms with Crippen molar-refractivity contribution in [3.05, 3.63) is 28.4 Å². The standard InChI is InChI=1S/C14H19ClN2O/c1-8-13(14(2,3)16)9-6-12(18-5)10(15)7-11(9)17(8)4/h6-7H,16H2,1-5H3. The van der Waals surface area contributed by atoms with E-state index in [4.69, 9.17) is 22.1 Å². The third-order valence-electron chi connectivity index (χ3n) is 3.41. The maximum Gasteiger partial charge on any atom is 0.138 e. The Morgan fingerprint density at radius 3 is 2.44 bits per heavy atom. The molecule has 0 saturated carbocycles. The summed E-state index contributed by atoms with van der Waals surface area (Å²) in [5.41, 5.74) is 9.24. The number of nitrogens with two attached hydrogens (primary N) is 1. The first-order chi connectivity index (χ1) is 8.27. The molecule has 1 aromatic carbocycles. The van der Waals surface area contributed by atoms with E-state index in [0.717, 1.165) is 22.2 Å². The number of fused-ring (bicyclic) bond motifs is 1. The third-order valence-corrected chi connectivity index (χ3v) is 3.71. The Bertz CT molecular complexity index is 609. The van der Waals surface area contributed by atoms with Gasteiger partial charge in [0.1, 0.15) is 5.75 Å². The summed E-state index contributed by atoms with van der Waals surface area (Å²) >= 11 is 6.18. The van der Waals surface area contributed by atoms with Crippen LogP contribution in [-0.4, -0.2) is 11.7 Å². The van der Waals surface area contributed by atoms with Crippen LogP contribution in [-0.2, 0) is 12.6 Å². The highest BCUT2D eigenvalue weighted by Gasteiger charge is 2.24. The van der Waals surface area contributed by atoms with Crippen LogP contribution < -0.4 is 10.5 Å². The number of ether oxygens (including phenoxy) is 1. The van der Waals surface area contributed by atoms with Crippen LogP contribution in [0.15, 0.2) is 12.1 Å². The van der Waals surface area contributed by atoms with E-state index in [1.807, 2.05) is 33.0 Å². The average Bonchev–Trinajstić information content (AvgIpc) is 2.50. The molecule has 18 heavy (non-hydrogen) atoms. The molecular weight excluding hydrogens is 248 g/mol. The molecule has 0 aliphatic carbocycles. The van der Waals surface area contributed by atoms with Crippen molar-refractivity contribution >= 4 is 22.5 Å². The van der Waals surface area contributed by atoms with Crippen molar-refractivity contribution in [2.75, 3.05) is 7.11 Å². The van der Waals surface area contributed by atoms with E-state index in [-0.39, 0.29) is 0 Å². The van der Waals surface area contributed by atoms with Gasteiger partial charge in [-0.25, -0.2) is 0 Å². The molecule has 0 radical (unpaired) electrons. The molecule has 0 bridgehead atoms. The number of halogens is 1. The Hall–Kier alpha value is -1.19. The molecule has 0 unspecified atom stereocenters. The fourth-order valence-corrected chi connectivity index (χ4v) is 2.77. The molecule has 0 fully saturated rings. The number of hydrogen-bond acceptors (Lipinski definition) is 2. The third kappa shape index (κ3) is 1.88. The van der Waals surface area contributed by atoms with E-state index in [1.54, 1.807) is 7.11 Å². The van der Waals surface area contributed by atoms with Gasteiger partial charge in [0, 0.05) is 23.7 Å². The van der Waals surface area contributed by atoms with Crippen molar-refractivity contribution in [1.29, 1.82) is 0 Å². The summed E-state index contributed by atoms with van der Waals surface area (Å²) in [6.45, 7) is 6.09. The normalized spacial score (nSPS) is 12.2. The zero-order valence-corrected chi connectivity index (χ0v) is 12.2. The van der Waals surface area contributed by atoms with E-state index >= 15 is 0 Å². The molecule has 0 saturated heterocycles. The molecule has 0 aliphatic heterocycles. The van der Waals surface area contributed by atoms with Crippen LogP contribution in [0.2, 0.25) is 5.02 Å². The Balaban J connectivity index is 2.91. The number of methoxy groups -OCH3 is 1. The zero-order valence-electron chi connectivity index (χ0n) is 11.5. The van der Waals surface area contributed by atoms with E-state index in [2.05, 4.69) is 11.5 Å². The summed E-state index contributed by atoms with van der Waals surface area (Å²) in [6, 6.07) is 3.90. The zero-order chi connectivity index (χ0) is 13.7. The minimum absolute atomic E-state index is 0.400. The van der Waals surface area contributed by atoms with Gasteiger partial charge in [0.25, 0.3) is 0 Å². The maximum atomic E-state index is 6.28. The maximum absolute atomic E-state index is 6.28. The Morgan fingerprint density at radius 1 is 1.33 bits per heavy atom. The molecule has 98 valence electrons. The molecule has 2 N–H and O–H groups in total. The molecule has 1 aromatic heterocycles. The van der Waals surface area contributed by atoms with Crippen molar-refractivity contribution < 1.29 is 4.74 Å². The molecule has 0 amide bonds. The lowest BCUT2D eigenvalue weighted by Gasteiger charge is -2.20. The fraction of sp³-hybridized carbons (Fsp3) is 0.429. The van der Waals surface area contributed by atoms with E-state index in [0.29, 0.717) is 10.8 Å². The van der Waals surface area contributed by atoms with Gasteiger partial charge in [-0.15, -0.1) is 0 Å². The van der Waals surface area contributed by atoms with Gasteiger partial charge in [0.05, 0.1) is 17.6 Å². The molecule has 2 aromatic rings. The van der Waals surface area contributed by atoms with Crippen LogP contribution in [0.4, 0.5) is 0 Å².